The molecule has 0 saturated heterocycles. The minimum Gasteiger partial charge on any atom is -0.311 e. The van der Waals surface area contributed by atoms with Crippen molar-refractivity contribution in [3.63, 3.8) is 0 Å². The van der Waals surface area contributed by atoms with Crippen molar-refractivity contribution in [2.24, 2.45) is 0 Å². The lowest BCUT2D eigenvalue weighted by atomic mass is 10.6. The Hall–Kier alpha value is -1.08. The zero-order valence-corrected chi connectivity index (χ0v) is 4.56. The lowest BCUT2D eigenvalue weighted by molar-refractivity contribution is -0.119. The van der Waals surface area contributed by atoms with Gasteiger partial charge in [0.15, 0.2) is 6.19 Å². The molecule has 0 atom stereocenters. The van der Waals surface area contributed by atoms with Crippen molar-refractivity contribution in [1.29, 1.82) is 5.26 Å². The normalized spacial score (nSPS) is 7.50. The van der Waals surface area contributed by atoms with Gasteiger partial charge in [0.05, 0.1) is 6.54 Å². The van der Waals surface area contributed by atoms with Gasteiger partial charge < -0.3 is 5.32 Å². The van der Waals surface area contributed by atoms with Crippen LogP contribution in [0, 0.1) is 11.5 Å². The van der Waals surface area contributed by atoms with Gasteiger partial charge in [-0.05, 0) is 7.05 Å². The van der Waals surface area contributed by atoms with Gasteiger partial charge in [0, 0.05) is 0 Å². The average Bonchev–Trinajstić information content (AvgIpc) is 1.68. The van der Waals surface area contributed by atoms with E-state index in [2.05, 4.69) is 5.32 Å². The fraction of sp³-hybridized carbons (Fsp3) is 0.500. The topological polar surface area (TPSA) is 64.9 Å². The highest BCUT2D eigenvalue weighted by Gasteiger charge is 1.92. The molecular weight excluding hydrogens is 106 g/mol. The third-order valence-corrected chi connectivity index (χ3v) is 0.533. The van der Waals surface area contributed by atoms with Crippen LogP contribution in [0.2, 0.25) is 0 Å². The van der Waals surface area contributed by atoms with Crippen LogP contribution in [0.3, 0.4) is 0 Å². The van der Waals surface area contributed by atoms with Crippen molar-refractivity contribution in [1.82, 2.24) is 10.6 Å². The van der Waals surface area contributed by atoms with Crippen LogP contribution in [0.25, 0.3) is 0 Å². The maximum Gasteiger partial charge on any atom is 0.246 e. The monoisotopic (exact) mass is 113 g/mol. The van der Waals surface area contributed by atoms with Crippen molar-refractivity contribution in [3.05, 3.63) is 0 Å². The summed E-state index contributed by atoms with van der Waals surface area (Å²) in [6.07, 6.45) is 1.51. The highest BCUT2D eigenvalue weighted by atomic mass is 16.1. The molecule has 0 unspecified atom stereocenters. The molecule has 4 heteroatoms. The molecule has 4 nitrogen and oxygen atoms in total. The molecule has 0 spiro atoms. The van der Waals surface area contributed by atoms with Crippen molar-refractivity contribution in [2.75, 3.05) is 13.6 Å². The smallest absolute Gasteiger partial charge is 0.246 e. The predicted octanol–water partition coefficient (Wildman–Crippen LogP) is -1.20. The number of carbonyl (C=O) groups is 1. The van der Waals surface area contributed by atoms with Crippen molar-refractivity contribution < 1.29 is 4.79 Å². The van der Waals surface area contributed by atoms with Gasteiger partial charge in [-0.2, -0.15) is 5.26 Å². The van der Waals surface area contributed by atoms with Gasteiger partial charge in [0.1, 0.15) is 0 Å². The molecule has 2 N–H and O–H groups in total. The molecule has 0 aromatic rings. The number of nitrogens with one attached hydrogen (secondary N) is 2. The maximum absolute atomic E-state index is 10.2. The maximum atomic E-state index is 10.2. The molecule has 0 aliphatic heterocycles. The summed E-state index contributed by atoms with van der Waals surface area (Å²) in [5.41, 5.74) is 0. The SMILES string of the molecule is CNCC(=O)NC#N. The van der Waals surface area contributed by atoms with Crippen molar-refractivity contribution >= 4 is 5.91 Å². The number of hydrogen-bond donors (Lipinski definition) is 2. The molecule has 0 rings (SSSR count). The second kappa shape index (κ2) is 4.09. The summed E-state index contributed by atoms with van der Waals surface area (Å²) in [7, 11) is 1.64. The van der Waals surface area contributed by atoms with Crippen molar-refractivity contribution in [2.45, 2.75) is 0 Å². The standard InChI is InChI=1S/C4H7N3O/c1-6-2-4(8)7-3-5/h6H,2H2,1H3,(H,7,8). The number of nitrogens with zero attached hydrogens (tertiary/aromatic N) is 1. The van der Waals surface area contributed by atoms with Crippen LogP contribution < -0.4 is 10.6 Å². The molecular formula is C4H7N3O. The van der Waals surface area contributed by atoms with Crippen LogP contribution in [0.4, 0.5) is 0 Å². The summed E-state index contributed by atoms with van der Waals surface area (Å²) in [5, 5.41) is 12.4. The molecule has 0 aliphatic carbocycles. The van der Waals surface area contributed by atoms with E-state index in [9.17, 15) is 4.79 Å². The van der Waals surface area contributed by atoms with E-state index in [0.717, 1.165) is 0 Å². The zero-order valence-electron chi connectivity index (χ0n) is 4.56. The van der Waals surface area contributed by atoms with E-state index in [0.29, 0.717) is 0 Å². The Morgan fingerprint density at radius 1 is 1.88 bits per heavy atom. The highest BCUT2D eigenvalue weighted by molar-refractivity contribution is 5.79. The third-order valence-electron chi connectivity index (χ3n) is 0.533. The predicted molar refractivity (Wildman–Crippen MR) is 27.7 cm³/mol. The summed E-state index contributed by atoms with van der Waals surface area (Å²) >= 11 is 0. The Morgan fingerprint density at radius 3 is 2.88 bits per heavy atom. The summed E-state index contributed by atoms with van der Waals surface area (Å²) < 4.78 is 0. The van der Waals surface area contributed by atoms with E-state index in [1.54, 1.807) is 7.05 Å². The summed E-state index contributed by atoms with van der Waals surface area (Å²) in [4.78, 5) is 10.2. The highest BCUT2D eigenvalue weighted by Crippen LogP contribution is 1.55. The zero-order chi connectivity index (χ0) is 6.41. The molecule has 0 bridgehead atoms. The number of amides is 1. The van der Waals surface area contributed by atoms with Crippen LogP contribution in [0.1, 0.15) is 0 Å². The van der Waals surface area contributed by atoms with Gasteiger partial charge in [0.25, 0.3) is 0 Å². The second-order valence-corrected chi connectivity index (χ2v) is 1.19. The van der Waals surface area contributed by atoms with Gasteiger partial charge in [-0.3, -0.25) is 10.1 Å². The average molecular weight is 113 g/mol. The second-order valence-electron chi connectivity index (χ2n) is 1.19. The first-order valence-corrected chi connectivity index (χ1v) is 2.13. The molecule has 0 aliphatic rings. The van der Waals surface area contributed by atoms with E-state index < -0.39 is 0 Å². The molecule has 0 saturated carbocycles. The number of rotatable bonds is 2. The Labute approximate surface area is 47.5 Å². The molecule has 0 heterocycles. The fourth-order valence-corrected chi connectivity index (χ4v) is 0.267. The summed E-state index contributed by atoms with van der Waals surface area (Å²) in [6, 6.07) is 0. The van der Waals surface area contributed by atoms with Gasteiger partial charge in [-0.15, -0.1) is 0 Å². The summed E-state index contributed by atoms with van der Waals surface area (Å²) in [5.74, 6) is -0.310. The van der Waals surface area contributed by atoms with E-state index >= 15 is 0 Å². The number of nitriles is 1. The van der Waals surface area contributed by atoms with Gasteiger partial charge in [-0.25, -0.2) is 0 Å². The fourth-order valence-electron chi connectivity index (χ4n) is 0.267. The Kier molecular flexibility index (Phi) is 3.54. The molecule has 0 aromatic heterocycles. The van der Waals surface area contributed by atoms with E-state index in [1.165, 1.54) is 6.19 Å². The Bertz CT molecular complexity index is 115. The van der Waals surface area contributed by atoms with E-state index in [1.807, 2.05) is 5.32 Å². The van der Waals surface area contributed by atoms with Crippen LogP contribution in [-0.4, -0.2) is 19.5 Å². The summed E-state index contributed by atoms with van der Waals surface area (Å²) in [6.45, 7) is 0.188. The Morgan fingerprint density at radius 2 is 2.50 bits per heavy atom. The quantitative estimate of drug-likeness (QED) is 0.349. The third kappa shape index (κ3) is 3.12. The molecule has 0 aromatic carbocycles. The Balaban J connectivity index is 3.23. The molecule has 0 radical (unpaired) electrons. The van der Waals surface area contributed by atoms with E-state index in [4.69, 9.17) is 5.26 Å². The molecule has 0 fully saturated rings. The minimum absolute atomic E-state index is 0.188. The van der Waals surface area contributed by atoms with Gasteiger partial charge in [0.2, 0.25) is 5.91 Å². The lowest BCUT2D eigenvalue weighted by Crippen LogP contribution is -2.28. The molecule has 8 heavy (non-hydrogen) atoms. The first-order chi connectivity index (χ1) is 3.81. The van der Waals surface area contributed by atoms with Crippen molar-refractivity contribution in [3.8, 4) is 6.19 Å². The molecule has 1 amide bonds. The van der Waals surface area contributed by atoms with Crippen LogP contribution in [0.15, 0.2) is 0 Å². The lowest BCUT2D eigenvalue weighted by Gasteiger charge is -1.91. The van der Waals surface area contributed by atoms with Crippen LogP contribution >= 0.6 is 0 Å². The molecule has 44 valence electrons. The first-order valence-electron chi connectivity index (χ1n) is 2.13. The van der Waals surface area contributed by atoms with E-state index in [-0.39, 0.29) is 12.5 Å². The van der Waals surface area contributed by atoms with Crippen LogP contribution in [0.5, 0.6) is 0 Å². The van der Waals surface area contributed by atoms with Gasteiger partial charge in [-0.1, -0.05) is 0 Å². The van der Waals surface area contributed by atoms with Crippen LogP contribution in [-0.2, 0) is 4.79 Å². The number of hydrogen-bond acceptors (Lipinski definition) is 3. The largest absolute Gasteiger partial charge is 0.311 e. The first kappa shape index (κ1) is 6.92. The minimum atomic E-state index is -0.310. The number of likely N-dealkylation sites (N-methyl/N-ethyl adjacent to an activating group) is 1. The van der Waals surface area contributed by atoms with Gasteiger partial charge >= 0.3 is 0 Å². The number of carbonyl (C=O) groups excluding carboxylic acids is 1.